The lowest BCUT2D eigenvalue weighted by Gasteiger charge is -2.39. The minimum Gasteiger partial charge on any atom is -0.317 e. The molecule has 0 aromatic heterocycles. The van der Waals surface area contributed by atoms with Gasteiger partial charge in [-0.3, -0.25) is 0 Å². The van der Waals surface area contributed by atoms with E-state index < -0.39 is 0 Å². The van der Waals surface area contributed by atoms with E-state index in [2.05, 4.69) is 17.1 Å². The maximum absolute atomic E-state index is 3.45. The van der Waals surface area contributed by atoms with Crippen LogP contribution in [0.3, 0.4) is 0 Å². The minimum absolute atomic E-state index is 0.897. The molecule has 18 heavy (non-hydrogen) atoms. The van der Waals surface area contributed by atoms with Gasteiger partial charge in [-0.15, -0.1) is 0 Å². The van der Waals surface area contributed by atoms with Crippen molar-refractivity contribution in [3.63, 3.8) is 0 Å². The predicted molar refractivity (Wildman–Crippen MR) is 83.2 cm³/mol. The third kappa shape index (κ3) is 6.19. The molecule has 2 aliphatic rings. The van der Waals surface area contributed by atoms with Crippen molar-refractivity contribution in [2.24, 2.45) is 5.92 Å². The summed E-state index contributed by atoms with van der Waals surface area (Å²) in [6.07, 6.45) is 7.02. The molecule has 2 nitrogen and oxygen atoms in total. The van der Waals surface area contributed by atoms with E-state index in [0.717, 1.165) is 12.0 Å². The van der Waals surface area contributed by atoms with Crippen molar-refractivity contribution >= 4 is 0 Å². The molecular formula is C16H36N2. The van der Waals surface area contributed by atoms with Crippen molar-refractivity contribution < 1.29 is 0 Å². The number of nitrogens with one attached hydrogen (secondary N) is 1. The van der Waals surface area contributed by atoms with E-state index in [0.29, 0.717) is 0 Å². The maximum Gasteiger partial charge on any atom is 0.0119 e. The van der Waals surface area contributed by atoms with Gasteiger partial charge in [0, 0.05) is 6.04 Å². The fourth-order valence-electron chi connectivity index (χ4n) is 2.90. The molecule has 1 N–H and O–H groups in total. The Bertz CT molecular complexity index is 156. The molecule has 0 saturated carbocycles. The second-order valence-electron chi connectivity index (χ2n) is 4.87. The first kappa shape index (κ1) is 17.9. The summed E-state index contributed by atoms with van der Waals surface area (Å²) in [5.41, 5.74) is 0. The van der Waals surface area contributed by atoms with E-state index in [9.17, 15) is 0 Å². The molecular weight excluding hydrogens is 220 g/mol. The van der Waals surface area contributed by atoms with Crippen LogP contribution in [0.5, 0.6) is 0 Å². The molecule has 110 valence electrons. The van der Waals surface area contributed by atoms with E-state index in [1.54, 1.807) is 0 Å². The highest BCUT2D eigenvalue weighted by Gasteiger charge is 2.24. The zero-order valence-corrected chi connectivity index (χ0v) is 13.5. The summed E-state index contributed by atoms with van der Waals surface area (Å²) in [5, 5.41) is 3.45. The average molecular weight is 256 g/mol. The van der Waals surface area contributed by atoms with Crippen molar-refractivity contribution in [3.8, 4) is 0 Å². The van der Waals surface area contributed by atoms with Gasteiger partial charge >= 0.3 is 0 Å². The fraction of sp³-hybridized carbons (Fsp3) is 1.00. The van der Waals surface area contributed by atoms with Gasteiger partial charge in [0.25, 0.3) is 0 Å². The van der Waals surface area contributed by atoms with E-state index in [4.69, 9.17) is 0 Å². The molecule has 2 saturated heterocycles. The van der Waals surface area contributed by atoms with Crippen LogP contribution in [-0.4, -0.2) is 37.1 Å². The molecule has 0 aromatic rings. The largest absolute Gasteiger partial charge is 0.317 e. The second kappa shape index (κ2) is 12.0. The van der Waals surface area contributed by atoms with E-state index in [1.165, 1.54) is 58.3 Å². The van der Waals surface area contributed by atoms with E-state index >= 15 is 0 Å². The minimum atomic E-state index is 0.897. The Morgan fingerprint density at radius 1 is 0.889 bits per heavy atom. The molecule has 2 heteroatoms. The van der Waals surface area contributed by atoms with Crippen LogP contribution in [0.1, 0.15) is 66.7 Å². The van der Waals surface area contributed by atoms with Crippen LogP contribution < -0.4 is 5.32 Å². The molecule has 2 aliphatic heterocycles. The van der Waals surface area contributed by atoms with Crippen LogP contribution in [0.2, 0.25) is 0 Å². The summed E-state index contributed by atoms with van der Waals surface area (Å²) < 4.78 is 0. The molecule has 2 heterocycles. The Morgan fingerprint density at radius 2 is 1.39 bits per heavy atom. The third-order valence-corrected chi connectivity index (χ3v) is 4.05. The van der Waals surface area contributed by atoms with Crippen molar-refractivity contribution in [2.75, 3.05) is 26.2 Å². The van der Waals surface area contributed by atoms with Gasteiger partial charge in [0.2, 0.25) is 0 Å². The van der Waals surface area contributed by atoms with Crippen molar-refractivity contribution in [2.45, 2.75) is 72.8 Å². The van der Waals surface area contributed by atoms with Gasteiger partial charge in [-0.05, 0) is 57.8 Å². The number of rotatable bonds is 2. The van der Waals surface area contributed by atoms with Gasteiger partial charge in [-0.2, -0.15) is 0 Å². The first-order chi connectivity index (χ1) is 8.90. The highest BCUT2D eigenvalue weighted by atomic mass is 15.2. The number of hydrogen-bond acceptors (Lipinski definition) is 2. The number of nitrogens with zero attached hydrogens (tertiary/aromatic N) is 1. The lowest BCUT2D eigenvalue weighted by atomic mass is 9.92. The Morgan fingerprint density at radius 3 is 1.83 bits per heavy atom. The van der Waals surface area contributed by atoms with Gasteiger partial charge in [0.1, 0.15) is 0 Å². The highest BCUT2D eigenvalue weighted by molar-refractivity contribution is 4.81. The van der Waals surface area contributed by atoms with Gasteiger partial charge in [-0.25, -0.2) is 0 Å². The smallest absolute Gasteiger partial charge is 0.0119 e. The number of piperidine rings is 2. The molecule has 0 aromatic carbocycles. The van der Waals surface area contributed by atoms with Crippen LogP contribution in [0.4, 0.5) is 0 Å². The van der Waals surface area contributed by atoms with Crippen LogP contribution in [0.25, 0.3) is 0 Å². The Kier molecular flexibility index (Phi) is 11.9. The topological polar surface area (TPSA) is 15.3 Å². The van der Waals surface area contributed by atoms with Crippen LogP contribution >= 0.6 is 0 Å². The van der Waals surface area contributed by atoms with Crippen LogP contribution in [0.15, 0.2) is 0 Å². The third-order valence-electron chi connectivity index (χ3n) is 4.05. The monoisotopic (exact) mass is 256 g/mol. The lowest BCUT2D eigenvalue weighted by molar-refractivity contribution is 0.110. The first-order valence-electron chi connectivity index (χ1n) is 8.35. The Hall–Kier alpha value is -0.0800. The number of likely N-dealkylation sites (tertiary alicyclic amines) is 1. The van der Waals surface area contributed by atoms with Crippen molar-refractivity contribution in [1.82, 2.24) is 10.2 Å². The summed E-state index contributed by atoms with van der Waals surface area (Å²) >= 11 is 0. The summed E-state index contributed by atoms with van der Waals surface area (Å²) in [7, 11) is 0. The molecule has 2 fully saturated rings. The molecule has 0 atom stereocenters. The zero-order chi connectivity index (χ0) is 13.8. The summed E-state index contributed by atoms with van der Waals surface area (Å²) in [5.74, 6) is 1.02. The van der Waals surface area contributed by atoms with Gasteiger partial charge in [0.05, 0.1) is 0 Å². The normalized spacial score (nSPS) is 22.5. The van der Waals surface area contributed by atoms with E-state index in [-0.39, 0.29) is 0 Å². The highest BCUT2D eigenvalue weighted by Crippen LogP contribution is 2.23. The average Bonchev–Trinajstić information content (AvgIpc) is 2.52. The standard InChI is InChI=1S/C12H24N2.2C2H6/c1-2-11-5-9-14(10-6-11)12-3-7-13-8-4-12;2*1-2/h11-13H,2-10H2,1H3;2*1-2H3. The molecule has 0 amide bonds. The van der Waals surface area contributed by atoms with Gasteiger partial charge in [0.15, 0.2) is 0 Å². The quantitative estimate of drug-likeness (QED) is 0.806. The molecule has 2 rings (SSSR count). The second-order valence-corrected chi connectivity index (χ2v) is 4.87. The molecule has 0 bridgehead atoms. The molecule has 0 radical (unpaired) electrons. The lowest BCUT2D eigenvalue weighted by Crippen LogP contribution is -2.46. The van der Waals surface area contributed by atoms with Crippen LogP contribution in [-0.2, 0) is 0 Å². The Balaban J connectivity index is 0.000000659. The van der Waals surface area contributed by atoms with Gasteiger partial charge < -0.3 is 10.2 Å². The fourth-order valence-corrected chi connectivity index (χ4v) is 2.90. The Labute approximate surface area is 116 Å². The maximum atomic E-state index is 3.45. The van der Waals surface area contributed by atoms with Crippen molar-refractivity contribution in [1.29, 1.82) is 0 Å². The van der Waals surface area contributed by atoms with Gasteiger partial charge in [-0.1, -0.05) is 41.0 Å². The van der Waals surface area contributed by atoms with Crippen molar-refractivity contribution in [3.05, 3.63) is 0 Å². The van der Waals surface area contributed by atoms with E-state index in [1.807, 2.05) is 27.7 Å². The zero-order valence-electron chi connectivity index (χ0n) is 13.5. The first-order valence-corrected chi connectivity index (χ1v) is 8.35. The summed E-state index contributed by atoms with van der Waals surface area (Å²) in [6.45, 7) is 15.5. The molecule has 0 aliphatic carbocycles. The summed E-state index contributed by atoms with van der Waals surface area (Å²) in [6, 6.07) is 0.897. The predicted octanol–water partition coefficient (Wildman–Crippen LogP) is 3.91. The number of hydrogen-bond donors (Lipinski definition) is 1. The SMILES string of the molecule is CC.CC.CCC1CCN(C2CCNCC2)CC1. The van der Waals surface area contributed by atoms with Crippen LogP contribution in [0, 0.1) is 5.92 Å². The molecule has 0 spiro atoms. The molecule has 0 unspecified atom stereocenters. The summed E-state index contributed by atoms with van der Waals surface area (Å²) in [4.78, 5) is 2.74.